The molecule has 1 fully saturated rings. The summed E-state index contributed by atoms with van der Waals surface area (Å²) in [5, 5.41) is 12.4. The van der Waals surface area contributed by atoms with Crippen molar-refractivity contribution in [3.8, 4) is 0 Å². The highest BCUT2D eigenvalue weighted by Gasteiger charge is 2.27. The van der Waals surface area contributed by atoms with Gasteiger partial charge in [0.05, 0.1) is 5.69 Å². The molecule has 1 aliphatic rings. The molecule has 1 saturated carbocycles. The third-order valence-corrected chi connectivity index (χ3v) is 6.08. The van der Waals surface area contributed by atoms with Crippen molar-refractivity contribution < 1.29 is 22.3 Å². The minimum Gasteiger partial charge on any atom is -0.396 e. The van der Waals surface area contributed by atoms with Gasteiger partial charge < -0.3 is 10.4 Å². The van der Waals surface area contributed by atoms with Crippen molar-refractivity contribution in [1.82, 2.24) is 4.98 Å². The molecule has 27 heavy (non-hydrogen) atoms. The van der Waals surface area contributed by atoms with Gasteiger partial charge in [-0.1, -0.05) is 6.42 Å². The Hall–Kier alpha value is -2.26. The van der Waals surface area contributed by atoms with E-state index >= 15 is 0 Å². The highest BCUT2D eigenvalue weighted by Crippen LogP contribution is 2.30. The van der Waals surface area contributed by atoms with Crippen LogP contribution >= 0.6 is 0 Å². The molecule has 2 aromatic rings. The van der Waals surface area contributed by atoms with Gasteiger partial charge in [-0.3, -0.25) is 4.72 Å². The number of sulfonamides is 1. The van der Waals surface area contributed by atoms with E-state index in [0.29, 0.717) is 11.7 Å². The summed E-state index contributed by atoms with van der Waals surface area (Å²) in [6.45, 7) is 0.142. The number of nitrogens with one attached hydrogen (secondary N) is 2. The van der Waals surface area contributed by atoms with E-state index in [4.69, 9.17) is 5.11 Å². The summed E-state index contributed by atoms with van der Waals surface area (Å²) in [5.74, 6) is -1.27. The summed E-state index contributed by atoms with van der Waals surface area (Å²) in [6.07, 6.45) is 5.03. The Kier molecular flexibility index (Phi) is 5.91. The van der Waals surface area contributed by atoms with Crippen molar-refractivity contribution in [3.63, 3.8) is 0 Å². The number of benzene rings is 1. The Balaban J connectivity index is 1.69. The van der Waals surface area contributed by atoms with E-state index in [1.165, 1.54) is 12.3 Å². The first-order valence-corrected chi connectivity index (χ1v) is 10.2. The summed E-state index contributed by atoms with van der Waals surface area (Å²) in [4.78, 5) is 4.06. The van der Waals surface area contributed by atoms with Crippen LogP contribution in [0.3, 0.4) is 0 Å². The van der Waals surface area contributed by atoms with Gasteiger partial charge in [0.2, 0.25) is 0 Å². The third kappa shape index (κ3) is 4.72. The first kappa shape index (κ1) is 19.5. The van der Waals surface area contributed by atoms with Gasteiger partial charge in [0.15, 0.2) is 11.6 Å². The Morgan fingerprint density at radius 2 is 1.96 bits per heavy atom. The molecule has 1 aromatic heterocycles. The molecule has 1 heterocycles. The zero-order chi connectivity index (χ0) is 19.4. The van der Waals surface area contributed by atoms with Gasteiger partial charge in [-0.15, -0.1) is 0 Å². The molecule has 9 heteroatoms. The van der Waals surface area contributed by atoms with E-state index < -0.39 is 21.7 Å². The van der Waals surface area contributed by atoms with E-state index in [0.717, 1.165) is 43.9 Å². The standard InChI is InChI=1S/C18H21F2N3O3S/c19-15-6-4-13(10-16(15)20)23-27(25,26)14-5-7-18(21-11-14)22-17-3-1-2-12(17)8-9-24/h4-7,10-12,17,23-24H,1-3,8-9H2,(H,21,22). The zero-order valence-corrected chi connectivity index (χ0v) is 15.3. The fraction of sp³-hybridized carbons (Fsp3) is 0.389. The second kappa shape index (κ2) is 8.18. The molecule has 2 atom stereocenters. The summed E-state index contributed by atoms with van der Waals surface area (Å²) in [6, 6.07) is 5.93. The molecule has 0 radical (unpaired) electrons. The molecule has 6 nitrogen and oxygen atoms in total. The van der Waals surface area contributed by atoms with Crippen LogP contribution in [0.4, 0.5) is 20.3 Å². The monoisotopic (exact) mass is 397 g/mol. The number of hydrogen-bond acceptors (Lipinski definition) is 5. The lowest BCUT2D eigenvalue weighted by molar-refractivity contribution is 0.254. The van der Waals surface area contributed by atoms with E-state index in [2.05, 4.69) is 15.0 Å². The number of aliphatic hydroxyl groups excluding tert-OH is 1. The van der Waals surface area contributed by atoms with E-state index in [1.807, 2.05) is 0 Å². The van der Waals surface area contributed by atoms with Crippen LogP contribution in [0, 0.1) is 17.6 Å². The highest BCUT2D eigenvalue weighted by molar-refractivity contribution is 7.92. The zero-order valence-electron chi connectivity index (χ0n) is 14.5. The maximum Gasteiger partial charge on any atom is 0.263 e. The normalized spacial score (nSPS) is 19.8. The number of pyridine rings is 1. The summed E-state index contributed by atoms with van der Waals surface area (Å²) in [7, 11) is -3.97. The van der Waals surface area contributed by atoms with Crippen molar-refractivity contribution in [2.75, 3.05) is 16.6 Å². The van der Waals surface area contributed by atoms with Gasteiger partial charge in [-0.2, -0.15) is 0 Å². The Bertz CT molecular complexity index is 891. The molecule has 146 valence electrons. The van der Waals surface area contributed by atoms with Crippen molar-refractivity contribution >= 4 is 21.5 Å². The Morgan fingerprint density at radius 1 is 1.15 bits per heavy atom. The number of nitrogens with zero attached hydrogens (tertiary/aromatic N) is 1. The number of halogens is 2. The van der Waals surface area contributed by atoms with Gasteiger partial charge in [-0.05, 0) is 49.4 Å². The molecule has 0 amide bonds. The maximum absolute atomic E-state index is 13.2. The minimum atomic E-state index is -3.97. The van der Waals surface area contributed by atoms with Crippen LogP contribution in [0.25, 0.3) is 0 Å². The molecule has 1 aliphatic carbocycles. The molecule has 3 rings (SSSR count). The third-order valence-electron chi connectivity index (χ3n) is 4.71. The lowest BCUT2D eigenvalue weighted by Gasteiger charge is -2.20. The first-order valence-electron chi connectivity index (χ1n) is 8.70. The van der Waals surface area contributed by atoms with Crippen LogP contribution in [0.15, 0.2) is 41.4 Å². The predicted molar refractivity (Wildman–Crippen MR) is 97.9 cm³/mol. The highest BCUT2D eigenvalue weighted by atomic mass is 32.2. The summed E-state index contributed by atoms with van der Waals surface area (Å²) >= 11 is 0. The number of aromatic nitrogens is 1. The SMILES string of the molecule is O=S(=O)(Nc1ccc(F)c(F)c1)c1ccc(NC2CCCC2CCO)nc1. The molecular weight excluding hydrogens is 376 g/mol. The topological polar surface area (TPSA) is 91.3 Å². The molecule has 3 N–H and O–H groups in total. The van der Waals surface area contributed by atoms with Crippen LogP contribution in [0.1, 0.15) is 25.7 Å². The fourth-order valence-corrected chi connectivity index (χ4v) is 4.32. The lowest BCUT2D eigenvalue weighted by Crippen LogP contribution is -2.25. The van der Waals surface area contributed by atoms with Crippen LogP contribution in [0.5, 0.6) is 0 Å². The quantitative estimate of drug-likeness (QED) is 0.668. The second-order valence-corrected chi connectivity index (χ2v) is 8.25. The molecule has 0 aliphatic heterocycles. The molecule has 0 spiro atoms. The van der Waals surface area contributed by atoms with Crippen LogP contribution in [-0.2, 0) is 10.0 Å². The maximum atomic E-state index is 13.2. The van der Waals surface area contributed by atoms with Crippen molar-refractivity contribution in [2.45, 2.75) is 36.6 Å². The second-order valence-electron chi connectivity index (χ2n) is 6.57. The summed E-state index contributed by atoms with van der Waals surface area (Å²) < 4.78 is 53.1. The Labute approximate surface area is 156 Å². The van der Waals surface area contributed by atoms with Crippen molar-refractivity contribution in [2.24, 2.45) is 5.92 Å². The van der Waals surface area contributed by atoms with Crippen LogP contribution < -0.4 is 10.0 Å². The summed E-state index contributed by atoms with van der Waals surface area (Å²) in [5.41, 5.74) is -0.0751. The van der Waals surface area contributed by atoms with Gasteiger partial charge in [-0.25, -0.2) is 22.2 Å². The number of rotatable bonds is 7. The smallest absolute Gasteiger partial charge is 0.263 e. The van der Waals surface area contributed by atoms with Gasteiger partial charge >= 0.3 is 0 Å². The van der Waals surface area contributed by atoms with Crippen molar-refractivity contribution in [3.05, 3.63) is 48.2 Å². The average molecular weight is 397 g/mol. The van der Waals surface area contributed by atoms with Gasteiger partial charge in [0, 0.05) is 24.9 Å². The van der Waals surface area contributed by atoms with Crippen LogP contribution in [0.2, 0.25) is 0 Å². The minimum absolute atomic E-state index is 0.0751. The molecule has 0 bridgehead atoms. The van der Waals surface area contributed by atoms with E-state index in [-0.39, 0.29) is 23.2 Å². The molecule has 2 unspecified atom stereocenters. The Morgan fingerprint density at radius 3 is 2.63 bits per heavy atom. The average Bonchev–Trinajstić information content (AvgIpc) is 3.06. The lowest BCUT2D eigenvalue weighted by atomic mass is 10.00. The predicted octanol–water partition coefficient (Wildman–Crippen LogP) is 3.12. The first-order chi connectivity index (χ1) is 12.9. The molecule has 1 aromatic carbocycles. The number of aliphatic hydroxyl groups is 1. The molecule has 0 saturated heterocycles. The van der Waals surface area contributed by atoms with E-state index in [1.54, 1.807) is 6.07 Å². The fourth-order valence-electron chi connectivity index (χ4n) is 3.33. The van der Waals surface area contributed by atoms with Gasteiger partial charge in [0.1, 0.15) is 10.7 Å². The number of hydrogen-bond donors (Lipinski definition) is 3. The molecular formula is C18H21F2N3O3S. The van der Waals surface area contributed by atoms with Crippen molar-refractivity contribution in [1.29, 1.82) is 0 Å². The number of anilines is 2. The largest absolute Gasteiger partial charge is 0.396 e. The van der Waals surface area contributed by atoms with Gasteiger partial charge in [0.25, 0.3) is 10.0 Å². The van der Waals surface area contributed by atoms with E-state index in [9.17, 15) is 17.2 Å². The van der Waals surface area contributed by atoms with Crippen LogP contribution in [-0.4, -0.2) is 31.2 Å².